The molecule has 0 atom stereocenters. The number of rotatable bonds is 7. The first-order valence-electron chi connectivity index (χ1n) is 5.36. The van der Waals surface area contributed by atoms with E-state index in [1.165, 1.54) is 0 Å². The predicted octanol–water partition coefficient (Wildman–Crippen LogP) is 1.89. The number of nitrogens with two attached hydrogens (primary N) is 1. The SMILES string of the molecule is CCCOCCCNc1ccc(N)cn1. The molecule has 0 unspecified atom stereocenters. The van der Waals surface area contributed by atoms with Crippen molar-refractivity contribution in [2.75, 3.05) is 30.8 Å². The zero-order valence-electron chi connectivity index (χ0n) is 9.20. The molecular weight excluding hydrogens is 190 g/mol. The van der Waals surface area contributed by atoms with Crippen molar-refractivity contribution in [3.63, 3.8) is 0 Å². The maximum Gasteiger partial charge on any atom is 0.126 e. The second kappa shape index (κ2) is 7.06. The van der Waals surface area contributed by atoms with Crippen LogP contribution in [-0.4, -0.2) is 24.7 Å². The summed E-state index contributed by atoms with van der Waals surface area (Å²) >= 11 is 0. The Balaban J connectivity index is 2.07. The maximum atomic E-state index is 5.53. The van der Waals surface area contributed by atoms with Gasteiger partial charge in [-0.2, -0.15) is 0 Å². The van der Waals surface area contributed by atoms with Crippen LogP contribution in [0.2, 0.25) is 0 Å². The van der Waals surface area contributed by atoms with Crippen LogP contribution in [0.1, 0.15) is 19.8 Å². The van der Waals surface area contributed by atoms with Gasteiger partial charge in [-0.25, -0.2) is 4.98 Å². The van der Waals surface area contributed by atoms with Gasteiger partial charge in [-0.3, -0.25) is 0 Å². The number of aromatic nitrogens is 1. The fourth-order valence-corrected chi connectivity index (χ4v) is 1.15. The van der Waals surface area contributed by atoms with Gasteiger partial charge in [-0.15, -0.1) is 0 Å². The van der Waals surface area contributed by atoms with Gasteiger partial charge >= 0.3 is 0 Å². The topological polar surface area (TPSA) is 60.2 Å². The minimum atomic E-state index is 0.687. The van der Waals surface area contributed by atoms with Crippen molar-refractivity contribution in [2.24, 2.45) is 0 Å². The van der Waals surface area contributed by atoms with E-state index >= 15 is 0 Å². The van der Waals surface area contributed by atoms with Gasteiger partial charge in [0.25, 0.3) is 0 Å². The van der Waals surface area contributed by atoms with Gasteiger partial charge in [0.1, 0.15) is 5.82 Å². The third-order valence-electron chi connectivity index (χ3n) is 1.91. The van der Waals surface area contributed by atoms with E-state index in [1.807, 2.05) is 12.1 Å². The van der Waals surface area contributed by atoms with Crippen LogP contribution >= 0.6 is 0 Å². The van der Waals surface area contributed by atoms with Gasteiger partial charge < -0.3 is 15.8 Å². The fraction of sp³-hybridized carbons (Fsp3) is 0.545. The molecule has 3 N–H and O–H groups in total. The van der Waals surface area contributed by atoms with Crippen molar-refractivity contribution in [3.05, 3.63) is 18.3 Å². The summed E-state index contributed by atoms with van der Waals surface area (Å²) in [5.41, 5.74) is 6.21. The number of pyridine rings is 1. The number of nitrogens with one attached hydrogen (secondary N) is 1. The summed E-state index contributed by atoms with van der Waals surface area (Å²) in [4.78, 5) is 4.14. The lowest BCUT2D eigenvalue weighted by Gasteiger charge is -2.05. The molecule has 1 aromatic rings. The van der Waals surface area contributed by atoms with E-state index in [0.717, 1.165) is 38.4 Å². The Hall–Kier alpha value is -1.29. The smallest absolute Gasteiger partial charge is 0.126 e. The van der Waals surface area contributed by atoms with Crippen molar-refractivity contribution in [1.82, 2.24) is 4.98 Å². The molecule has 0 fully saturated rings. The van der Waals surface area contributed by atoms with Gasteiger partial charge in [-0.05, 0) is 25.0 Å². The maximum absolute atomic E-state index is 5.53. The Morgan fingerprint density at radius 1 is 1.40 bits per heavy atom. The van der Waals surface area contributed by atoms with Gasteiger partial charge in [0.15, 0.2) is 0 Å². The lowest BCUT2D eigenvalue weighted by Crippen LogP contribution is -2.07. The molecule has 0 aliphatic heterocycles. The van der Waals surface area contributed by atoms with Crippen molar-refractivity contribution in [2.45, 2.75) is 19.8 Å². The van der Waals surface area contributed by atoms with Gasteiger partial charge in [-0.1, -0.05) is 6.92 Å². The molecule has 84 valence electrons. The third kappa shape index (κ3) is 5.22. The average Bonchev–Trinajstić information content (AvgIpc) is 2.26. The monoisotopic (exact) mass is 209 g/mol. The summed E-state index contributed by atoms with van der Waals surface area (Å²) in [6.07, 6.45) is 3.72. The number of anilines is 2. The molecule has 0 aliphatic carbocycles. The highest BCUT2D eigenvalue weighted by Crippen LogP contribution is 2.05. The molecule has 15 heavy (non-hydrogen) atoms. The standard InChI is InChI=1S/C11H19N3O/c1-2-7-15-8-3-6-13-11-5-4-10(12)9-14-11/h4-5,9H,2-3,6-8,12H2,1H3,(H,13,14). The molecule has 1 heterocycles. The Kier molecular flexibility index (Phi) is 5.55. The minimum absolute atomic E-state index is 0.687. The van der Waals surface area contributed by atoms with Crippen molar-refractivity contribution >= 4 is 11.5 Å². The molecule has 0 aromatic carbocycles. The average molecular weight is 209 g/mol. The van der Waals surface area contributed by atoms with E-state index in [0.29, 0.717) is 5.69 Å². The molecule has 0 spiro atoms. The van der Waals surface area contributed by atoms with Crippen LogP contribution in [0, 0.1) is 0 Å². The Morgan fingerprint density at radius 3 is 2.93 bits per heavy atom. The van der Waals surface area contributed by atoms with Crippen LogP contribution < -0.4 is 11.1 Å². The molecule has 0 saturated heterocycles. The first-order valence-corrected chi connectivity index (χ1v) is 5.36. The lowest BCUT2D eigenvalue weighted by atomic mass is 10.4. The summed E-state index contributed by atoms with van der Waals surface area (Å²) in [7, 11) is 0. The van der Waals surface area contributed by atoms with E-state index < -0.39 is 0 Å². The van der Waals surface area contributed by atoms with Crippen LogP contribution in [0.15, 0.2) is 18.3 Å². The Labute approximate surface area is 90.8 Å². The summed E-state index contributed by atoms with van der Waals surface area (Å²) in [6, 6.07) is 3.71. The molecule has 4 nitrogen and oxygen atoms in total. The van der Waals surface area contributed by atoms with E-state index in [2.05, 4.69) is 17.2 Å². The Morgan fingerprint density at radius 2 is 2.27 bits per heavy atom. The number of ether oxygens (including phenoxy) is 1. The molecule has 4 heteroatoms. The molecule has 0 amide bonds. The van der Waals surface area contributed by atoms with Crippen LogP contribution in [0.4, 0.5) is 11.5 Å². The first kappa shape index (κ1) is 11.8. The first-order chi connectivity index (χ1) is 7.33. The summed E-state index contributed by atoms with van der Waals surface area (Å²) in [5.74, 6) is 0.861. The zero-order valence-corrected chi connectivity index (χ0v) is 9.20. The summed E-state index contributed by atoms with van der Waals surface area (Å²) < 4.78 is 5.36. The largest absolute Gasteiger partial charge is 0.397 e. The second-order valence-corrected chi connectivity index (χ2v) is 3.37. The number of nitrogens with zero attached hydrogens (tertiary/aromatic N) is 1. The minimum Gasteiger partial charge on any atom is -0.397 e. The fourth-order valence-electron chi connectivity index (χ4n) is 1.15. The third-order valence-corrected chi connectivity index (χ3v) is 1.91. The summed E-state index contributed by atoms with van der Waals surface area (Å²) in [6.45, 7) is 4.63. The lowest BCUT2D eigenvalue weighted by molar-refractivity contribution is 0.134. The summed E-state index contributed by atoms with van der Waals surface area (Å²) in [5, 5.41) is 3.20. The molecule has 0 bridgehead atoms. The highest BCUT2D eigenvalue weighted by molar-refractivity contribution is 5.43. The zero-order chi connectivity index (χ0) is 10.9. The second-order valence-electron chi connectivity index (χ2n) is 3.37. The van der Waals surface area contributed by atoms with E-state index in [4.69, 9.17) is 10.5 Å². The molecule has 0 aliphatic rings. The normalized spacial score (nSPS) is 10.2. The van der Waals surface area contributed by atoms with Crippen LogP contribution in [-0.2, 0) is 4.74 Å². The Bertz CT molecular complexity index is 261. The van der Waals surface area contributed by atoms with Gasteiger partial charge in [0.2, 0.25) is 0 Å². The molecule has 0 radical (unpaired) electrons. The van der Waals surface area contributed by atoms with Gasteiger partial charge in [0, 0.05) is 19.8 Å². The number of nitrogen functional groups attached to an aromatic ring is 1. The number of hydrogen-bond donors (Lipinski definition) is 2. The molecule has 0 saturated carbocycles. The highest BCUT2D eigenvalue weighted by atomic mass is 16.5. The van der Waals surface area contributed by atoms with Crippen molar-refractivity contribution in [1.29, 1.82) is 0 Å². The molecular formula is C11H19N3O. The molecule has 1 aromatic heterocycles. The van der Waals surface area contributed by atoms with Crippen molar-refractivity contribution in [3.8, 4) is 0 Å². The van der Waals surface area contributed by atoms with Crippen LogP contribution in [0.3, 0.4) is 0 Å². The van der Waals surface area contributed by atoms with E-state index in [-0.39, 0.29) is 0 Å². The highest BCUT2D eigenvalue weighted by Gasteiger charge is 1.92. The quantitative estimate of drug-likeness (QED) is 0.673. The van der Waals surface area contributed by atoms with Crippen molar-refractivity contribution < 1.29 is 4.74 Å². The van der Waals surface area contributed by atoms with Crippen LogP contribution in [0.25, 0.3) is 0 Å². The van der Waals surface area contributed by atoms with E-state index in [1.54, 1.807) is 6.20 Å². The van der Waals surface area contributed by atoms with E-state index in [9.17, 15) is 0 Å². The number of hydrogen-bond acceptors (Lipinski definition) is 4. The predicted molar refractivity (Wildman–Crippen MR) is 62.9 cm³/mol. The van der Waals surface area contributed by atoms with Crippen LogP contribution in [0.5, 0.6) is 0 Å². The van der Waals surface area contributed by atoms with Gasteiger partial charge in [0.05, 0.1) is 11.9 Å². The molecule has 1 rings (SSSR count).